The van der Waals surface area contributed by atoms with Gasteiger partial charge in [0.1, 0.15) is 0 Å². The normalized spacial score (nSPS) is 10.7. The average Bonchev–Trinajstić information content (AvgIpc) is 2.83. The van der Waals surface area contributed by atoms with Crippen LogP contribution in [-0.4, -0.2) is 33.8 Å². The molecule has 5 nitrogen and oxygen atoms in total. The van der Waals surface area contributed by atoms with E-state index in [1.54, 1.807) is 23.1 Å². The predicted molar refractivity (Wildman–Crippen MR) is 94.2 cm³/mol. The van der Waals surface area contributed by atoms with E-state index in [1.165, 1.54) is 4.70 Å². The molecule has 0 aliphatic carbocycles. The van der Waals surface area contributed by atoms with E-state index >= 15 is 0 Å². The molecule has 1 aromatic heterocycles. The Labute approximate surface area is 138 Å². The Kier molecular flexibility index (Phi) is 7.64. The summed E-state index contributed by atoms with van der Waals surface area (Å²) in [7, 11) is 0. The number of anilines is 1. The van der Waals surface area contributed by atoms with Gasteiger partial charge in [0.05, 0.1) is 10.2 Å². The summed E-state index contributed by atoms with van der Waals surface area (Å²) < 4.78 is 2.28. The van der Waals surface area contributed by atoms with Crippen molar-refractivity contribution in [3.8, 4) is 0 Å². The number of carboxylic acid groups (broad SMARTS) is 1. The zero-order valence-electron chi connectivity index (χ0n) is 12.8. The third-order valence-corrected chi connectivity index (χ3v) is 5.39. The van der Waals surface area contributed by atoms with Gasteiger partial charge < -0.3 is 15.9 Å². The molecule has 0 spiro atoms. The third kappa shape index (κ3) is 5.82. The zero-order chi connectivity index (χ0) is 15.2. The van der Waals surface area contributed by atoms with E-state index in [-0.39, 0.29) is 11.9 Å². The maximum absolute atomic E-state index is 10.5. The van der Waals surface area contributed by atoms with E-state index in [1.807, 2.05) is 12.1 Å². The van der Waals surface area contributed by atoms with Gasteiger partial charge in [-0.05, 0) is 30.5 Å². The van der Waals surface area contributed by atoms with Crippen LogP contribution in [0.5, 0.6) is 0 Å². The molecule has 2 aromatic rings. The SMILES string of the molecule is CC(C)CSc1nc2ccc(NCCCC(=O)O)cc2s1.O. The number of benzene rings is 1. The van der Waals surface area contributed by atoms with Gasteiger partial charge >= 0.3 is 5.97 Å². The van der Waals surface area contributed by atoms with E-state index in [9.17, 15) is 4.79 Å². The van der Waals surface area contributed by atoms with Crippen molar-refractivity contribution in [2.75, 3.05) is 17.6 Å². The van der Waals surface area contributed by atoms with E-state index < -0.39 is 5.97 Å². The summed E-state index contributed by atoms with van der Waals surface area (Å²) in [4.78, 5) is 15.1. The van der Waals surface area contributed by atoms with Gasteiger partial charge in [-0.1, -0.05) is 25.6 Å². The minimum absolute atomic E-state index is 0. The lowest BCUT2D eigenvalue weighted by atomic mass is 10.2. The van der Waals surface area contributed by atoms with Gasteiger partial charge in [0.25, 0.3) is 0 Å². The highest BCUT2D eigenvalue weighted by molar-refractivity contribution is 8.01. The molecule has 2 rings (SSSR count). The lowest BCUT2D eigenvalue weighted by molar-refractivity contribution is -0.137. The van der Waals surface area contributed by atoms with Gasteiger partial charge in [0.2, 0.25) is 0 Å². The number of nitrogens with zero attached hydrogens (tertiary/aromatic N) is 1. The summed E-state index contributed by atoms with van der Waals surface area (Å²) in [5.41, 5.74) is 2.05. The molecule has 0 radical (unpaired) electrons. The van der Waals surface area contributed by atoms with Crippen LogP contribution in [0.15, 0.2) is 22.5 Å². The monoisotopic (exact) mass is 342 g/mol. The topological polar surface area (TPSA) is 93.7 Å². The minimum atomic E-state index is -0.749. The Morgan fingerprint density at radius 3 is 2.91 bits per heavy atom. The van der Waals surface area contributed by atoms with Crippen molar-refractivity contribution < 1.29 is 15.4 Å². The Balaban J connectivity index is 0.00000242. The molecule has 4 N–H and O–H groups in total. The molecule has 1 aromatic carbocycles. The lowest BCUT2D eigenvalue weighted by Crippen LogP contribution is -2.04. The fraction of sp³-hybridized carbons (Fsp3) is 0.467. The molecule has 0 aliphatic heterocycles. The maximum atomic E-state index is 10.5. The van der Waals surface area contributed by atoms with Crippen LogP contribution in [-0.2, 0) is 4.79 Å². The molecular weight excluding hydrogens is 320 g/mol. The first kappa shape index (κ1) is 18.7. The van der Waals surface area contributed by atoms with Gasteiger partial charge in [0, 0.05) is 24.4 Å². The number of hydrogen-bond acceptors (Lipinski definition) is 5. The van der Waals surface area contributed by atoms with Gasteiger partial charge in [-0.2, -0.15) is 0 Å². The Bertz CT molecular complexity index is 614. The smallest absolute Gasteiger partial charge is 0.303 e. The summed E-state index contributed by atoms with van der Waals surface area (Å²) >= 11 is 3.52. The van der Waals surface area contributed by atoms with E-state index in [4.69, 9.17) is 5.11 Å². The van der Waals surface area contributed by atoms with Crippen LogP contribution >= 0.6 is 23.1 Å². The molecule has 0 unspecified atom stereocenters. The van der Waals surface area contributed by atoms with Crippen molar-refractivity contribution >= 4 is 45.0 Å². The molecule has 7 heteroatoms. The zero-order valence-corrected chi connectivity index (χ0v) is 14.4. The summed E-state index contributed by atoms with van der Waals surface area (Å²) in [6, 6.07) is 6.11. The first-order valence-corrected chi connectivity index (χ1v) is 8.84. The van der Waals surface area contributed by atoms with Gasteiger partial charge in [-0.25, -0.2) is 4.98 Å². The van der Waals surface area contributed by atoms with Crippen LogP contribution in [0.3, 0.4) is 0 Å². The molecule has 0 bridgehead atoms. The number of nitrogens with one attached hydrogen (secondary N) is 1. The number of fused-ring (bicyclic) bond motifs is 1. The highest BCUT2D eigenvalue weighted by Crippen LogP contribution is 2.32. The standard InChI is InChI=1S/C15H20N2O2S2.H2O/c1-10(2)9-20-15-17-12-6-5-11(8-13(12)21-15)16-7-3-4-14(18)19;/h5-6,8,10,16H,3-4,7,9H2,1-2H3,(H,18,19);1H2. The Morgan fingerprint density at radius 2 is 2.23 bits per heavy atom. The number of aliphatic carboxylic acids is 1. The van der Waals surface area contributed by atoms with Crippen molar-refractivity contribution in [1.82, 2.24) is 4.98 Å². The van der Waals surface area contributed by atoms with Crippen molar-refractivity contribution in [2.24, 2.45) is 5.92 Å². The van der Waals surface area contributed by atoms with Crippen molar-refractivity contribution in [3.05, 3.63) is 18.2 Å². The van der Waals surface area contributed by atoms with Crippen molar-refractivity contribution in [2.45, 2.75) is 31.0 Å². The number of carbonyl (C=O) groups is 1. The number of thioether (sulfide) groups is 1. The minimum Gasteiger partial charge on any atom is -0.481 e. The second-order valence-corrected chi connectivity index (χ2v) is 7.59. The molecule has 122 valence electrons. The number of thiazole rings is 1. The molecule has 0 saturated heterocycles. The molecule has 0 atom stereocenters. The number of hydrogen-bond donors (Lipinski definition) is 2. The van der Waals surface area contributed by atoms with Crippen LogP contribution in [0.25, 0.3) is 10.2 Å². The van der Waals surface area contributed by atoms with E-state index in [0.29, 0.717) is 18.9 Å². The fourth-order valence-corrected chi connectivity index (χ4v) is 3.87. The van der Waals surface area contributed by atoms with Gasteiger partial charge in [-0.3, -0.25) is 4.79 Å². The van der Waals surface area contributed by atoms with Crippen LogP contribution in [0.1, 0.15) is 26.7 Å². The number of aromatic nitrogens is 1. The largest absolute Gasteiger partial charge is 0.481 e. The molecular formula is C15H22N2O3S2. The molecule has 0 saturated carbocycles. The Morgan fingerprint density at radius 1 is 1.45 bits per heavy atom. The van der Waals surface area contributed by atoms with Gasteiger partial charge in [-0.15, -0.1) is 11.3 Å². The first-order chi connectivity index (χ1) is 10.0. The van der Waals surface area contributed by atoms with Crippen LogP contribution in [0, 0.1) is 5.92 Å². The number of rotatable bonds is 8. The summed E-state index contributed by atoms with van der Waals surface area (Å²) in [5, 5.41) is 11.9. The quantitative estimate of drug-likeness (QED) is 0.565. The van der Waals surface area contributed by atoms with Crippen LogP contribution < -0.4 is 5.32 Å². The van der Waals surface area contributed by atoms with Crippen molar-refractivity contribution in [1.29, 1.82) is 0 Å². The number of carboxylic acids is 1. The molecule has 0 amide bonds. The maximum Gasteiger partial charge on any atom is 0.303 e. The highest BCUT2D eigenvalue weighted by Gasteiger charge is 2.06. The van der Waals surface area contributed by atoms with Crippen molar-refractivity contribution in [3.63, 3.8) is 0 Å². The molecule has 0 fully saturated rings. The molecule has 0 aliphatic rings. The fourth-order valence-electron chi connectivity index (χ4n) is 1.79. The average molecular weight is 342 g/mol. The predicted octanol–water partition coefficient (Wildman–Crippen LogP) is 3.50. The lowest BCUT2D eigenvalue weighted by Gasteiger charge is -2.04. The second kappa shape index (κ2) is 8.97. The van der Waals surface area contributed by atoms with E-state index in [0.717, 1.165) is 21.3 Å². The van der Waals surface area contributed by atoms with Crippen LogP contribution in [0.2, 0.25) is 0 Å². The highest BCUT2D eigenvalue weighted by atomic mass is 32.2. The van der Waals surface area contributed by atoms with Gasteiger partial charge in [0.15, 0.2) is 4.34 Å². The Hall–Kier alpha value is -1.31. The second-order valence-electron chi connectivity index (χ2n) is 5.29. The molecule has 1 heterocycles. The van der Waals surface area contributed by atoms with Crippen LogP contribution in [0.4, 0.5) is 5.69 Å². The first-order valence-electron chi connectivity index (χ1n) is 7.03. The third-order valence-electron chi connectivity index (χ3n) is 2.81. The molecule has 22 heavy (non-hydrogen) atoms. The summed E-state index contributed by atoms with van der Waals surface area (Å²) in [6.45, 7) is 5.09. The summed E-state index contributed by atoms with van der Waals surface area (Å²) in [5.74, 6) is 0.995. The summed E-state index contributed by atoms with van der Waals surface area (Å²) in [6.07, 6.45) is 0.831. The van der Waals surface area contributed by atoms with E-state index in [2.05, 4.69) is 30.2 Å².